The highest BCUT2D eigenvalue weighted by Gasteiger charge is 2.34. The van der Waals surface area contributed by atoms with Gasteiger partial charge in [-0.05, 0) is 54.4 Å². The van der Waals surface area contributed by atoms with E-state index in [4.69, 9.17) is 9.26 Å². The third-order valence-electron chi connectivity index (χ3n) is 5.54. The summed E-state index contributed by atoms with van der Waals surface area (Å²) in [6.45, 7) is 2.09. The molecule has 0 aliphatic carbocycles. The third-order valence-corrected chi connectivity index (χ3v) is 6.65. The molecule has 9 heteroatoms. The van der Waals surface area contributed by atoms with Crippen LogP contribution in [0.15, 0.2) is 77.5 Å². The van der Waals surface area contributed by atoms with Gasteiger partial charge in [0.05, 0.1) is 17.7 Å². The lowest BCUT2D eigenvalue weighted by molar-refractivity contribution is -0.138. The predicted octanol–water partition coefficient (Wildman–Crippen LogP) is 6.78. The molecular formula is C25H20F3NO4S. The minimum absolute atomic E-state index is 0.151. The molecule has 34 heavy (non-hydrogen) atoms. The molecule has 0 aliphatic heterocycles. The number of ether oxygens (including phenoxy) is 1. The van der Waals surface area contributed by atoms with Gasteiger partial charge in [0.2, 0.25) is 0 Å². The van der Waals surface area contributed by atoms with Gasteiger partial charge < -0.3 is 14.4 Å². The van der Waals surface area contributed by atoms with Crippen LogP contribution in [-0.2, 0) is 23.0 Å². The van der Waals surface area contributed by atoms with E-state index in [2.05, 4.69) is 5.16 Å². The third kappa shape index (κ3) is 5.14. The van der Waals surface area contributed by atoms with Gasteiger partial charge in [-0.25, -0.2) is 0 Å². The lowest BCUT2D eigenvalue weighted by atomic mass is 9.77. The number of carbonyl (C=O) groups is 1. The highest BCUT2D eigenvalue weighted by atomic mass is 32.1. The quantitative estimate of drug-likeness (QED) is 0.297. The number of rotatable bonds is 8. The first-order valence-electron chi connectivity index (χ1n) is 10.3. The summed E-state index contributed by atoms with van der Waals surface area (Å²) < 4.78 is 49.0. The van der Waals surface area contributed by atoms with Gasteiger partial charge in [-0.15, -0.1) is 11.3 Å². The molecule has 4 aromatic rings. The molecule has 2 aromatic carbocycles. The molecule has 0 bridgehead atoms. The Hall–Kier alpha value is -3.59. The maximum atomic E-state index is 12.8. The van der Waals surface area contributed by atoms with Crippen LogP contribution < -0.4 is 4.74 Å². The van der Waals surface area contributed by atoms with Crippen molar-refractivity contribution in [1.82, 2.24) is 5.16 Å². The van der Waals surface area contributed by atoms with E-state index in [0.29, 0.717) is 23.6 Å². The zero-order valence-electron chi connectivity index (χ0n) is 18.0. The standard InChI is InChI=1S/C25H20F3NO4S/c1-24(14-23(30)31,22-12-13-33-29-22)17-6-8-19(9-7-17)32-15-20-10-11-21(34-20)16-2-4-18(5-3-16)25(26,27)28/h2-13H,14-15H2,1H3,(H,30,31)/t24-/m0/s1. The van der Waals surface area contributed by atoms with Crippen LogP contribution in [0, 0.1) is 0 Å². The largest absolute Gasteiger partial charge is 0.488 e. The molecule has 0 aliphatic rings. The van der Waals surface area contributed by atoms with Gasteiger partial charge in [-0.1, -0.05) is 29.4 Å². The van der Waals surface area contributed by atoms with E-state index in [1.54, 1.807) is 37.3 Å². The number of aromatic nitrogens is 1. The normalized spacial score (nSPS) is 13.4. The SMILES string of the molecule is C[C@](CC(=O)O)(c1ccc(OCc2ccc(-c3ccc(C(F)(F)F)cc3)s2)cc1)c1ccon1. The van der Waals surface area contributed by atoms with Crippen LogP contribution in [0.4, 0.5) is 13.2 Å². The number of hydrogen-bond donors (Lipinski definition) is 1. The van der Waals surface area contributed by atoms with Gasteiger partial charge in [0.15, 0.2) is 0 Å². The molecule has 1 atom stereocenters. The molecule has 0 saturated carbocycles. The minimum atomic E-state index is -4.36. The Labute approximate surface area is 197 Å². The molecular weight excluding hydrogens is 467 g/mol. The lowest BCUT2D eigenvalue weighted by Crippen LogP contribution is -2.27. The topological polar surface area (TPSA) is 72.6 Å². The zero-order valence-corrected chi connectivity index (χ0v) is 18.8. The van der Waals surface area contributed by atoms with Gasteiger partial charge >= 0.3 is 12.1 Å². The van der Waals surface area contributed by atoms with E-state index in [1.165, 1.54) is 29.7 Å². The number of carboxylic acid groups (broad SMARTS) is 1. The highest BCUT2D eigenvalue weighted by molar-refractivity contribution is 7.15. The van der Waals surface area contributed by atoms with E-state index in [9.17, 15) is 23.1 Å². The summed E-state index contributed by atoms with van der Waals surface area (Å²) in [6.07, 6.45) is -3.10. The monoisotopic (exact) mass is 487 g/mol. The van der Waals surface area contributed by atoms with Gasteiger partial charge in [0, 0.05) is 21.2 Å². The molecule has 0 amide bonds. The van der Waals surface area contributed by atoms with Crippen molar-refractivity contribution >= 4 is 17.3 Å². The number of alkyl halides is 3. The molecule has 4 rings (SSSR count). The van der Waals surface area contributed by atoms with E-state index in [1.807, 2.05) is 12.1 Å². The van der Waals surface area contributed by atoms with E-state index in [0.717, 1.165) is 27.5 Å². The summed E-state index contributed by atoms with van der Waals surface area (Å²) in [5.41, 5.74) is 0.457. The molecule has 0 fully saturated rings. The Morgan fingerprint density at radius 2 is 1.68 bits per heavy atom. The number of aliphatic carboxylic acids is 1. The molecule has 5 nitrogen and oxygen atoms in total. The number of halogens is 3. The Morgan fingerprint density at radius 1 is 1.00 bits per heavy atom. The van der Waals surface area contributed by atoms with Crippen molar-refractivity contribution < 1.29 is 32.3 Å². The average Bonchev–Trinajstić information content (AvgIpc) is 3.50. The van der Waals surface area contributed by atoms with Crippen molar-refractivity contribution in [3.63, 3.8) is 0 Å². The van der Waals surface area contributed by atoms with Crippen molar-refractivity contribution in [2.75, 3.05) is 0 Å². The Balaban J connectivity index is 1.43. The molecule has 2 aromatic heterocycles. The number of thiophene rings is 1. The zero-order chi connectivity index (χ0) is 24.3. The molecule has 0 saturated heterocycles. The maximum absolute atomic E-state index is 12.8. The van der Waals surface area contributed by atoms with Gasteiger partial charge in [0.1, 0.15) is 18.6 Å². The molecule has 1 N–H and O–H groups in total. The fourth-order valence-electron chi connectivity index (χ4n) is 3.65. The van der Waals surface area contributed by atoms with Crippen molar-refractivity contribution in [1.29, 1.82) is 0 Å². The fourth-order valence-corrected chi connectivity index (χ4v) is 4.57. The molecule has 0 unspecified atom stereocenters. The smallest absolute Gasteiger partial charge is 0.416 e. The van der Waals surface area contributed by atoms with Crippen LogP contribution in [0.5, 0.6) is 5.75 Å². The summed E-state index contributed by atoms with van der Waals surface area (Å²) in [7, 11) is 0. The Bertz CT molecular complexity index is 1250. The van der Waals surface area contributed by atoms with Crippen LogP contribution in [0.2, 0.25) is 0 Å². The molecule has 176 valence electrons. The molecule has 0 radical (unpaired) electrons. The number of hydrogen-bond acceptors (Lipinski definition) is 5. The van der Waals surface area contributed by atoms with Gasteiger partial charge in [-0.3, -0.25) is 4.79 Å². The number of nitrogens with zero attached hydrogens (tertiary/aromatic N) is 1. The predicted molar refractivity (Wildman–Crippen MR) is 121 cm³/mol. The number of benzene rings is 2. The van der Waals surface area contributed by atoms with Crippen molar-refractivity contribution in [2.45, 2.75) is 31.5 Å². The summed E-state index contributed by atoms with van der Waals surface area (Å²) in [5.74, 6) is -0.349. The van der Waals surface area contributed by atoms with E-state index < -0.39 is 23.1 Å². The van der Waals surface area contributed by atoms with Gasteiger partial charge in [0.25, 0.3) is 0 Å². The summed E-state index contributed by atoms with van der Waals surface area (Å²) in [6, 6.07) is 17.6. The van der Waals surface area contributed by atoms with Crippen LogP contribution >= 0.6 is 11.3 Å². The Kier molecular flexibility index (Phi) is 6.47. The second kappa shape index (κ2) is 9.34. The lowest BCUT2D eigenvalue weighted by Gasteiger charge is -2.26. The van der Waals surface area contributed by atoms with E-state index in [-0.39, 0.29) is 6.42 Å². The van der Waals surface area contributed by atoms with Crippen LogP contribution in [0.25, 0.3) is 10.4 Å². The van der Waals surface area contributed by atoms with Crippen molar-refractivity contribution in [2.24, 2.45) is 0 Å². The summed E-state index contributed by atoms with van der Waals surface area (Å²) in [5, 5.41) is 13.3. The minimum Gasteiger partial charge on any atom is -0.488 e. The fraction of sp³-hybridized carbons (Fsp3) is 0.200. The van der Waals surface area contributed by atoms with Crippen LogP contribution in [0.3, 0.4) is 0 Å². The van der Waals surface area contributed by atoms with Crippen molar-refractivity contribution in [3.8, 4) is 16.2 Å². The summed E-state index contributed by atoms with van der Waals surface area (Å²) in [4.78, 5) is 13.2. The van der Waals surface area contributed by atoms with Crippen LogP contribution in [-0.4, -0.2) is 16.2 Å². The number of carboxylic acids is 1. The first-order chi connectivity index (χ1) is 16.1. The average molecular weight is 487 g/mol. The first-order valence-corrected chi connectivity index (χ1v) is 11.1. The van der Waals surface area contributed by atoms with Gasteiger partial charge in [-0.2, -0.15) is 13.2 Å². The molecule has 2 heterocycles. The maximum Gasteiger partial charge on any atom is 0.416 e. The second-order valence-corrected chi connectivity index (χ2v) is 9.11. The highest BCUT2D eigenvalue weighted by Crippen LogP contribution is 2.36. The van der Waals surface area contributed by atoms with E-state index >= 15 is 0 Å². The molecule has 0 spiro atoms. The first kappa shape index (κ1) is 23.6. The van der Waals surface area contributed by atoms with Crippen LogP contribution in [0.1, 0.15) is 35.0 Å². The Morgan fingerprint density at radius 3 is 2.26 bits per heavy atom. The van der Waals surface area contributed by atoms with Crippen molar-refractivity contribution in [3.05, 3.63) is 94.7 Å². The second-order valence-electron chi connectivity index (χ2n) is 7.94. The summed E-state index contributed by atoms with van der Waals surface area (Å²) >= 11 is 1.44.